The lowest BCUT2D eigenvalue weighted by molar-refractivity contribution is -0.147. The van der Waals surface area contributed by atoms with Gasteiger partial charge in [-0.1, -0.05) is 46.8 Å². The minimum atomic E-state index is -0.683. The number of carbonyl (C=O) groups excluding carboxylic acids is 2. The van der Waals surface area contributed by atoms with Gasteiger partial charge in [-0.2, -0.15) is 0 Å². The third-order valence-corrected chi connectivity index (χ3v) is 3.78. The molecule has 0 aromatic heterocycles. The highest BCUT2D eigenvalue weighted by molar-refractivity contribution is 9.10. The average molecular weight is 365 g/mol. The molecule has 116 valence electrons. The van der Waals surface area contributed by atoms with Crippen molar-refractivity contribution in [1.29, 1.82) is 0 Å². The minimum absolute atomic E-state index is 0.193. The number of allylic oxidation sites excluding steroid dienone is 1. The van der Waals surface area contributed by atoms with Crippen molar-refractivity contribution < 1.29 is 14.3 Å². The number of nitrogens with one attached hydrogen (secondary N) is 2. The summed E-state index contributed by atoms with van der Waals surface area (Å²) >= 11 is 3.39. The second kappa shape index (κ2) is 7.26. The predicted molar refractivity (Wildman–Crippen MR) is 87.0 cm³/mol. The van der Waals surface area contributed by atoms with Gasteiger partial charge in [0.15, 0.2) is 0 Å². The van der Waals surface area contributed by atoms with Gasteiger partial charge in [0.1, 0.15) is 12.5 Å². The molecule has 0 spiro atoms. The summed E-state index contributed by atoms with van der Waals surface area (Å²) in [6, 6.07) is 6.53. The molecule has 1 aliphatic heterocycles. The maximum atomic E-state index is 12.3. The lowest BCUT2D eigenvalue weighted by Gasteiger charge is -2.33. The molecule has 0 bridgehead atoms. The van der Waals surface area contributed by atoms with E-state index in [9.17, 15) is 9.59 Å². The zero-order valence-corrected chi connectivity index (χ0v) is 13.7. The SMILES string of the molecule is C=C1NC(=O)N[C@@H](c2cccc(Br)c2)[C@@H]1C(=O)OC/C=C/C. The monoisotopic (exact) mass is 364 g/mol. The van der Waals surface area contributed by atoms with Gasteiger partial charge in [-0.05, 0) is 24.6 Å². The van der Waals surface area contributed by atoms with Crippen molar-refractivity contribution in [2.24, 2.45) is 5.92 Å². The fourth-order valence-corrected chi connectivity index (χ4v) is 2.67. The number of benzene rings is 1. The van der Waals surface area contributed by atoms with Crippen molar-refractivity contribution >= 4 is 27.9 Å². The van der Waals surface area contributed by atoms with Gasteiger partial charge in [-0.3, -0.25) is 4.79 Å². The summed E-state index contributed by atoms with van der Waals surface area (Å²) < 4.78 is 6.09. The Kier molecular flexibility index (Phi) is 5.38. The molecule has 2 amide bonds. The lowest BCUT2D eigenvalue weighted by Crippen LogP contribution is -2.51. The highest BCUT2D eigenvalue weighted by atomic mass is 79.9. The Morgan fingerprint density at radius 1 is 1.50 bits per heavy atom. The van der Waals surface area contributed by atoms with Gasteiger partial charge in [0, 0.05) is 10.2 Å². The Morgan fingerprint density at radius 2 is 2.27 bits per heavy atom. The minimum Gasteiger partial charge on any atom is -0.461 e. The van der Waals surface area contributed by atoms with E-state index in [1.54, 1.807) is 12.2 Å². The average Bonchev–Trinajstić information content (AvgIpc) is 2.46. The van der Waals surface area contributed by atoms with E-state index >= 15 is 0 Å². The van der Waals surface area contributed by atoms with Crippen molar-refractivity contribution in [1.82, 2.24) is 10.6 Å². The molecule has 2 rings (SSSR count). The fraction of sp³-hybridized carbons (Fsp3) is 0.250. The summed E-state index contributed by atoms with van der Waals surface area (Å²) in [5.41, 5.74) is 1.14. The third-order valence-electron chi connectivity index (χ3n) is 3.29. The van der Waals surface area contributed by atoms with Gasteiger partial charge < -0.3 is 15.4 Å². The number of amides is 2. The van der Waals surface area contributed by atoms with Gasteiger partial charge in [0.25, 0.3) is 0 Å². The van der Waals surface area contributed by atoms with Crippen LogP contribution in [-0.2, 0) is 9.53 Å². The molecule has 2 N–H and O–H groups in total. The molecule has 22 heavy (non-hydrogen) atoms. The normalized spacial score (nSPS) is 21.4. The Labute approximate surface area is 137 Å². The van der Waals surface area contributed by atoms with E-state index < -0.39 is 17.9 Å². The molecule has 0 saturated carbocycles. The maximum Gasteiger partial charge on any atom is 0.319 e. The largest absolute Gasteiger partial charge is 0.461 e. The standard InChI is InChI=1S/C16H17BrN2O3/c1-3-4-8-22-15(20)13-10(2)18-16(21)19-14(13)11-6-5-7-12(17)9-11/h3-7,9,13-14H,2,8H2,1H3,(H2,18,19,21)/b4-3+/t13-,14+/m1/s1. The molecular formula is C16H17BrN2O3. The van der Waals surface area contributed by atoms with Crippen LogP contribution < -0.4 is 10.6 Å². The van der Waals surface area contributed by atoms with E-state index in [2.05, 4.69) is 33.1 Å². The van der Waals surface area contributed by atoms with Crippen LogP contribution >= 0.6 is 15.9 Å². The smallest absolute Gasteiger partial charge is 0.319 e. The van der Waals surface area contributed by atoms with E-state index in [1.165, 1.54) is 0 Å². The molecule has 1 aromatic rings. The first-order chi connectivity index (χ1) is 10.5. The molecular weight excluding hydrogens is 348 g/mol. The van der Waals surface area contributed by atoms with Gasteiger partial charge in [-0.25, -0.2) is 4.79 Å². The summed E-state index contributed by atoms with van der Waals surface area (Å²) in [5.74, 6) is -1.11. The van der Waals surface area contributed by atoms with E-state index in [4.69, 9.17) is 4.74 Å². The number of halogens is 1. The highest BCUT2D eigenvalue weighted by Crippen LogP contribution is 2.31. The molecule has 1 aromatic carbocycles. The summed E-state index contributed by atoms with van der Waals surface area (Å²) in [6.45, 7) is 5.83. The van der Waals surface area contributed by atoms with Crippen LogP contribution in [-0.4, -0.2) is 18.6 Å². The molecule has 1 heterocycles. The zero-order valence-electron chi connectivity index (χ0n) is 12.1. The second-order valence-corrected chi connectivity index (χ2v) is 5.75. The molecule has 0 radical (unpaired) electrons. The highest BCUT2D eigenvalue weighted by Gasteiger charge is 2.38. The van der Waals surface area contributed by atoms with Crippen molar-refractivity contribution in [3.63, 3.8) is 0 Å². The van der Waals surface area contributed by atoms with Crippen molar-refractivity contribution in [2.75, 3.05) is 6.61 Å². The van der Waals surface area contributed by atoms with Gasteiger partial charge in [-0.15, -0.1) is 0 Å². The van der Waals surface area contributed by atoms with E-state index in [-0.39, 0.29) is 12.6 Å². The van der Waals surface area contributed by atoms with Crippen molar-refractivity contribution in [2.45, 2.75) is 13.0 Å². The number of ether oxygens (including phenoxy) is 1. The summed E-state index contributed by atoms with van der Waals surface area (Å²) in [5, 5.41) is 5.30. The molecule has 6 heteroatoms. The summed E-state index contributed by atoms with van der Waals surface area (Å²) in [6.07, 6.45) is 3.54. The van der Waals surface area contributed by atoms with Crippen LogP contribution in [0.1, 0.15) is 18.5 Å². The number of hydrogen-bond acceptors (Lipinski definition) is 3. The lowest BCUT2D eigenvalue weighted by atomic mass is 9.89. The quantitative estimate of drug-likeness (QED) is 0.637. The topological polar surface area (TPSA) is 67.4 Å². The van der Waals surface area contributed by atoms with Crippen LogP contribution in [0.25, 0.3) is 0 Å². The summed E-state index contributed by atoms with van der Waals surface area (Å²) in [4.78, 5) is 24.1. The number of rotatable bonds is 4. The molecule has 1 fully saturated rings. The van der Waals surface area contributed by atoms with Crippen LogP contribution in [0.15, 0.2) is 53.2 Å². The van der Waals surface area contributed by atoms with Crippen LogP contribution in [0.3, 0.4) is 0 Å². The van der Waals surface area contributed by atoms with E-state index in [0.29, 0.717) is 5.70 Å². The second-order valence-electron chi connectivity index (χ2n) is 4.83. The number of carbonyl (C=O) groups is 2. The number of hydrogen-bond donors (Lipinski definition) is 2. The van der Waals surface area contributed by atoms with Crippen LogP contribution in [0, 0.1) is 5.92 Å². The van der Waals surface area contributed by atoms with Crippen LogP contribution in [0.5, 0.6) is 0 Å². The first-order valence-electron chi connectivity index (χ1n) is 6.82. The summed E-state index contributed by atoms with van der Waals surface area (Å²) in [7, 11) is 0. The molecule has 0 unspecified atom stereocenters. The Morgan fingerprint density at radius 3 is 2.95 bits per heavy atom. The molecule has 5 nitrogen and oxygen atoms in total. The van der Waals surface area contributed by atoms with E-state index in [0.717, 1.165) is 10.0 Å². The van der Waals surface area contributed by atoms with Crippen LogP contribution in [0.2, 0.25) is 0 Å². The molecule has 1 saturated heterocycles. The molecule has 2 atom stereocenters. The van der Waals surface area contributed by atoms with Crippen LogP contribution in [0.4, 0.5) is 4.79 Å². The number of esters is 1. The van der Waals surface area contributed by atoms with Gasteiger partial charge in [0.05, 0.1) is 6.04 Å². The molecule has 1 aliphatic rings. The fourth-order valence-electron chi connectivity index (χ4n) is 2.26. The third kappa shape index (κ3) is 3.76. The number of urea groups is 1. The van der Waals surface area contributed by atoms with Gasteiger partial charge in [0.2, 0.25) is 0 Å². The van der Waals surface area contributed by atoms with Crippen molar-refractivity contribution in [3.05, 3.63) is 58.7 Å². The first-order valence-corrected chi connectivity index (χ1v) is 7.61. The Bertz CT molecular complexity index is 628. The van der Waals surface area contributed by atoms with Gasteiger partial charge >= 0.3 is 12.0 Å². The van der Waals surface area contributed by atoms with E-state index in [1.807, 2.05) is 31.2 Å². The molecule has 0 aliphatic carbocycles. The Hall–Kier alpha value is -2.08. The Balaban J connectivity index is 2.27. The predicted octanol–water partition coefficient (Wildman–Crippen LogP) is 3.05. The van der Waals surface area contributed by atoms with Crippen molar-refractivity contribution in [3.8, 4) is 0 Å². The maximum absolute atomic E-state index is 12.3. The zero-order chi connectivity index (χ0) is 16.1. The first kappa shape index (κ1) is 16.3.